The Morgan fingerprint density at radius 3 is 2.00 bits per heavy atom. The van der Waals surface area contributed by atoms with Gasteiger partial charge in [0.1, 0.15) is 18.7 Å². The minimum absolute atomic E-state index is 0.0456. The number of nitrogens with zero attached hydrogens (tertiary/aromatic N) is 1. The Morgan fingerprint density at radius 1 is 0.829 bits per heavy atom. The van der Waals surface area contributed by atoms with Crippen LogP contribution in [0.5, 0.6) is 0 Å². The van der Waals surface area contributed by atoms with Crippen LogP contribution in [0.2, 0.25) is 0 Å². The fourth-order valence-electron chi connectivity index (χ4n) is 5.04. The smallest absolute Gasteiger partial charge is 0.407 e. The molecule has 210 valence electrons. The van der Waals surface area contributed by atoms with Crippen LogP contribution in [0.4, 0.5) is 4.79 Å². The number of rotatable bonds is 9. The second-order valence-electron chi connectivity index (χ2n) is 9.93. The van der Waals surface area contributed by atoms with Crippen molar-refractivity contribution >= 4 is 29.8 Å². The number of carbonyl (C=O) groups excluding carboxylic acids is 5. The van der Waals surface area contributed by atoms with E-state index in [2.05, 4.69) is 10.6 Å². The van der Waals surface area contributed by atoms with Crippen molar-refractivity contribution in [3.63, 3.8) is 0 Å². The number of fused-ring (bicyclic) bond motifs is 3. The van der Waals surface area contributed by atoms with Crippen LogP contribution >= 0.6 is 0 Å². The zero-order valence-electron chi connectivity index (χ0n) is 22.4. The Balaban J connectivity index is 1.24. The van der Waals surface area contributed by atoms with E-state index >= 15 is 0 Å². The lowest BCUT2D eigenvalue weighted by Crippen LogP contribution is -2.52. The van der Waals surface area contributed by atoms with E-state index in [-0.39, 0.29) is 31.8 Å². The quantitative estimate of drug-likeness (QED) is 0.388. The van der Waals surface area contributed by atoms with Gasteiger partial charge in [0, 0.05) is 25.2 Å². The molecule has 3 aromatic carbocycles. The zero-order valence-corrected chi connectivity index (χ0v) is 22.4. The highest BCUT2D eigenvalue weighted by Crippen LogP contribution is 2.44. The van der Waals surface area contributed by atoms with Gasteiger partial charge in [0.15, 0.2) is 0 Å². The van der Waals surface area contributed by atoms with E-state index in [9.17, 15) is 24.0 Å². The van der Waals surface area contributed by atoms with Crippen molar-refractivity contribution in [2.45, 2.75) is 44.2 Å². The molecule has 5 rings (SSSR count). The molecule has 41 heavy (non-hydrogen) atoms. The average Bonchev–Trinajstić information content (AvgIpc) is 3.47. The molecule has 10 heteroatoms. The van der Waals surface area contributed by atoms with E-state index in [1.54, 1.807) is 0 Å². The van der Waals surface area contributed by atoms with Gasteiger partial charge in [0.2, 0.25) is 5.91 Å². The molecule has 3 aromatic rings. The molecule has 0 spiro atoms. The number of ether oxygens (including phenoxy) is 1. The van der Waals surface area contributed by atoms with Crippen LogP contribution in [0.3, 0.4) is 0 Å². The minimum atomic E-state index is -1.20. The first-order chi connectivity index (χ1) is 19.8. The van der Waals surface area contributed by atoms with Gasteiger partial charge >= 0.3 is 12.1 Å². The number of hydrogen-bond acceptors (Lipinski definition) is 7. The maximum Gasteiger partial charge on any atom is 0.407 e. The highest BCUT2D eigenvalue weighted by atomic mass is 16.7. The van der Waals surface area contributed by atoms with Crippen LogP contribution in [-0.2, 0) is 35.2 Å². The molecule has 10 nitrogen and oxygen atoms in total. The van der Waals surface area contributed by atoms with Gasteiger partial charge < -0.3 is 20.2 Å². The fourth-order valence-corrected chi connectivity index (χ4v) is 5.04. The topological polar surface area (TPSA) is 131 Å². The molecule has 1 aliphatic heterocycles. The molecule has 4 amide bonds. The summed E-state index contributed by atoms with van der Waals surface area (Å²) in [5.41, 5.74) is 5.08. The van der Waals surface area contributed by atoms with E-state index in [1.165, 1.54) is 6.92 Å². The summed E-state index contributed by atoms with van der Waals surface area (Å²) in [5, 5.41) is 5.54. The number of alkyl carbamates (subject to hydrolysis) is 1. The van der Waals surface area contributed by atoms with Gasteiger partial charge in [-0.05, 0) is 34.7 Å². The Hall–Kier alpha value is -4.99. The molecule has 0 aromatic heterocycles. The predicted molar refractivity (Wildman–Crippen MR) is 147 cm³/mol. The van der Waals surface area contributed by atoms with E-state index < -0.39 is 41.9 Å². The first kappa shape index (κ1) is 27.6. The predicted octanol–water partition coefficient (Wildman–Crippen LogP) is 3.25. The third-order valence-electron chi connectivity index (χ3n) is 7.13. The van der Waals surface area contributed by atoms with Gasteiger partial charge in [-0.3, -0.25) is 14.4 Å². The largest absolute Gasteiger partial charge is 0.449 e. The summed E-state index contributed by atoms with van der Waals surface area (Å²) in [6.45, 7) is 1.43. The van der Waals surface area contributed by atoms with Gasteiger partial charge in [-0.2, -0.15) is 0 Å². The van der Waals surface area contributed by atoms with Crippen molar-refractivity contribution in [3.05, 3.63) is 95.6 Å². The maximum absolute atomic E-state index is 13.2. The van der Waals surface area contributed by atoms with Crippen LogP contribution in [-0.4, -0.2) is 53.5 Å². The minimum Gasteiger partial charge on any atom is -0.449 e. The van der Waals surface area contributed by atoms with Gasteiger partial charge in [-0.15, -0.1) is 5.06 Å². The Labute approximate surface area is 236 Å². The van der Waals surface area contributed by atoms with Crippen molar-refractivity contribution in [2.75, 3.05) is 6.61 Å². The standard InChI is InChI=1S/C31H29N3O7/c1-19(30(38)41-34-27(35)15-16-28(34)36)32-29(37)26(17-20-9-3-2-4-10-20)33-31(39)40-18-25-23-13-7-5-11-21(23)22-12-6-8-14-24(22)25/h2-14,19,25-26H,15-18H2,1H3,(H,32,37)(H,33,39)/t19-,26-/m0/s1. The Bertz CT molecular complexity index is 1430. The number of imide groups is 1. The van der Waals surface area contributed by atoms with Crippen molar-refractivity contribution in [3.8, 4) is 11.1 Å². The van der Waals surface area contributed by atoms with Gasteiger partial charge in [-0.1, -0.05) is 78.9 Å². The maximum atomic E-state index is 13.2. The zero-order chi connectivity index (χ0) is 28.9. The third-order valence-corrected chi connectivity index (χ3v) is 7.13. The van der Waals surface area contributed by atoms with E-state index in [4.69, 9.17) is 9.57 Å². The summed E-state index contributed by atoms with van der Waals surface area (Å²) in [6, 6.07) is 22.7. The highest BCUT2D eigenvalue weighted by molar-refractivity contribution is 6.02. The molecule has 0 radical (unpaired) electrons. The number of hydroxylamine groups is 2. The first-order valence-electron chi connectivity index (χ1n) is 13.3. The number of carbonyl (C=O) groups is 5. The summed E-state index contributed by atoms with van der Waals surface area (Å²) < 4.78 is 5.62. The van der Waals surface area contributed by atoms with Crippen LogP contribution in [0.1, 0.15) is 42.4 Å². The summed E-state index contributed by atoms with van der Waals surface area (Å²) in [7, 11) is 0. The summed E-state index contributed by atoms with van der Waals surface area (Å²) in [4.78, 5) is 67.1. The van der Waals surface area contributed by atoms with Crippen LogP contribution in [0.25, 0.3) is 11.1 Å². The number of nitrogens with one attached hydrogen (secondary N) is 2. The first-order valence-corrected chi connectivity index (χ1v) is 13.3. The van der Waals surface area contributed by atoms with Crippen molar-refractivity contribution < 1.29 is 33.5 Å². The molecule has 0 unspecified atom stereocenters. The van der Waals surface area contributed by atoms with E-state index in [0.29, 0.717) is 5.06 Å². The SMILES string of the molecule is C[C@H](NC(=O)[C@H](Cc1ccccc1)NC(=O)OCC1c2ccccc2-c2ccccc21)C(=O)ON1C(=O)CCC1=O. The van der Waals surface area contributed by atoms with E-state index in [1.807, 2.05) is 78.9 Å². The lowest BCUT2D eigenvalue weighted by atomic mass is 9.98. The lowest BCUT2D eigenvalue weighted by Gasteiger charge is -2.22. The van der Waals surface area contributed by atoms with Gasteiger partial charge in [-0.25, -0.2) is 9.59 Å². The second-order valence-corrected chi connectivity index (χ2v) is 9.93. The fraction of sp³-hybridized carbons (Fsp3) is 0.258. The molecular formula is C31H29N3O7. The van der Waals surface area contributed by atoms with Crippen molar-refractivity contribution in [2.24, 2.45) is 0 Å². The van der Waals surface area contributed by atoms with Crippen LogP contribution in [0, 0.1) is 0 Å². The molecule has 1 heterocycles. The molecule has 1 fully saturated rings. The Morgan fingerprint density at radius 2 is 1.39 bits per heavy atom. The molecule has 0 bridgehead atoms. The summed E-state index contributed by atoms with van der Waals surface area (Å²) in [5.74, 6) is -3.05. The molecule has 1 aliphatic carbocycles. The summed E-state index contributed by atoms with van der Waals surface area (Å²) >= 11 is 0. The Kier molecular flexibility index (Phi) is 8.09. The average molecular weight is 556 g/mol. The molecule has 2 N–H and O–H groups in total. The number of benzene rings is 3. The third kappa shape index (κ3) is 6.11. The normalized spacial score (nSPS) is 15.5. The van der Waals surface area contributed by atoms with Crippen LogP contribution < -0.4 is 10.6 Å². The molecule has 1 saturated heterocycles. The van der Waals surface area contributed by atoms with Crippen molar-refractivity contribution in [1.82, 2.24) is 15.7 Å². The van der Waals surface area contributed by atoms with Crippen molar-refractivity contribution in [1.29, 1.82) is 0 Å². The van der Waals surface area contributed by atoms with Gasteiger partial charge in [0.05, 0.1) is 0 Å². The number of amides is 4. The van der Waals surface area contributed by atoms with E-state index in [0.717, 1.165) is 27.8 Å². The second kappa shape index (κ2) is 12.0. The molecule has 0 saturated carbocycles. The summed E-state index contributed by atoms with van der Waals surface area (Å²) in [6.07, 6.45) is -0.750. The highest BCUT2D eigenvalue weighted by Gasteiger charge is 2.35. The van der Waals surface area contributed by atoms with Crippen LogP contribution in [0.15, 0.2) is 78.9 Å². The monoisotopic (exact) mass is 555 g/mol. The number of hydrogen-bond donors (Lipinski definition) is 2. The van der Waals surface area contributed by atoms with Gasteiger partial charge in [0.25, 0.3) is 11.8 Å². The molecule has 2 atom stereocenters. The molecular weight excluding hydrogens is 526 g/mol. The lowest BCUT2D eigenvalue weighted by molar-refractivity contribution is -0.198. The molecule has 2 aliphatic rings.